The van der Waals surface area contributed by atoms with Gasteiger partial charge in [-0.2, -0.15) is 0 Å². The van der Waals surface area contributed by atoms with E-state index in [0.717, 1.165) is 12.0 Å². The molecule has 0 heterocycles. The Kier molecular flexibility index (Phi) is 2.80. The van der Waals surface area contributed by atoms with Crippen molar-refractivity contribution in [3.8, 4) is 5.75 Å². The molecule has 0 radical (unpaired) electrons. The maximum absolute atomic E-state index is 11.9. The van der Waals surface area contributed by atoms with Crippen LogP contribution in [0.2, 0.25) is 0 Å². The van der Waals surface area contributed by atoms with Crippen molar-refractivity contribution in [2.45, 2.75) is 18.7 Å². The Morgan fingerprint density at radius 3 is 2.31 bits per heavy atom. The van der Waals surface area contributed by atoms with Gasteiger partial charge in [0.25, 0.3) is 0 Å². The summed E-state index contributed by atoms with van der Waals surface area (Å²) < 4.78 is 39.5. The van der Waals surface area contributed by atoms with Gasteiger partial charge < -0.3 is 10.5 Å². The summed E-state index contributed by atoms with van der Waals surface area (Å²) in [7, 11) is 0. The summed E-state index contributed by atoms with van der Waals surface area (Å²) in [5, 5.41) is 0. The Balaban J connectivity index is 2.00. The predicted molar refractivity (Wildman–Crippen MR) is 53.0 cm³/mol. The van der Waals surface area contributed by atoms with Crippen LogP contribution in [0.15, 0.2) is 24.3 Å². The second-order valence-electron chi connectivity index (χ2n) is 3.95. The first-order valence-electron chi connectivity index (χ1n) is 5.05. The number of nitrogens with two attached hydrogens (primary N) is 1. The van der Waals surface area contributed by atoms with Crippen LogP contribution in [0.1, 0.15) is 17.9 Å². The van der Waals surface area contributed by atoms with Gasteiger partial charge in [0.1, 0.15) is 5.75 Å². The van der Waals surface area contributed by atoms with E-state index in [1.807, 2.05) is 0 Å². The monoisotopic (exact) mass is 231 g/mol. The highest BCUT2D eigenvalue weighted by molar-refractivity contribution is 5.32. The summed E-state index contributed by atoms with van der Waals surface area (Å²) >= 11 is 0. The van der Waals surface area contributed by atoms with Gasteiger partial charge in [0, 0.05) is 0 Å². The first-order chi connectivity index (χ1) is 7.49. The molecule has 0 amide bonds. The summed E-state index contributed by atoms with van der Waals surface area (Å²) in [5.74, 6) is 0.709. The lowest BCUT2D eigenvalue weighted by Gasteiger charge is -2.09. The Labute approximate surface area is 91.2 Å². The van der Waals surface area contributed by atoms with E-state index in [4.69, 9.17) is 5.73 Å². The van der Waals surface area contributed by atoms with Crippen LogP contribution in [0.4, 0.5) is 13.2 Å². The molecule has 1 saturated carbocycles. The lowest BCUT2D eigenvalue weighted by atomic mass is 10.1. The van der Waals surface area contributed by atoms with Crippen molar-refractivity contribution < 1.29 is 17.9 Å². The van der Waals surface area contributed by atoms with Crippen LogP contribution in [-0.2, 0) is 0 Å². The Morgan fingerprint density at radius 2 is 1.88 bits per heavy atom. The molecule has 0 aliphatic heterocycles. The van der Waals surface area contributed by atoms with Crippen molar-refractivity contribution in [1.82, 2.24) is 0 Å². The number of halogens is 3. The van der Waals surface area contributed by atoms with Gasteiger partial charge in [-0.3, -0.25) is 0 Å². The maximum Gasteiger partial charge on any atom is 0.573 e. The second-order valence-corrected chi connectivity index (χ2v) is 3.95. The topological polar surface area (TPSA) is 35.2 Å². The second kappa shape index (κ2) is 3.97. The molecule has 5 heteroatoms. The van der Waals surface area contributed by atoms with E-state index in [9.17, 15) is 13.2 Å². The lowest BCUT2D eigenvalue weighted by Crippen LogP contribution is -2.17. The lowest BCUT2D eigenvalue weighted by molar-refractivity contribution is -0.274. The van der Waals surface area contributed by atoms with E-state index >= 15 is 0 Å². The molecule has 1 aromatic rings. The molecule has 0 aromatic heterocycles. The van der Waals surface area contributed by atoms with Crippen LogP contribution in [-0.4, -0.2) is 12.9 Å². The zero-order valence-corrected chi connectivity index (χ0v) is 8.50. The van der Waals surface area contributed by atoms with Crippen LogP contribution in [0, 0.1) is 5.92 Å². The fourth-order valence-corrected chi connectivity index (χ4v) is 1.83. The number of rotatable bonds is 3. The van der Waals surface area contributed by atoms with Gasteiger partial charge in [0.2, 0.25) is 0 Å². The average Bonchev–Trinajstić information content (AvgIpc) is 2.95. The van der Waals surface area contributed by atoms with E-state index in [1.165, 1.54) is 12.1 Å². The average molecular weight is 231 g/mol. The largest absolute Gasteiger partial charge is 0.573 e. The quantitative estimate of drug-likeness (QED) is 0.867. The minimum atomic E-state index is -4.62. The maximum atomic E-state index is 11.9. The van der Waals surface area contributed by atoms with Crippen LogP contribution in [0.5, 0.6) is 5.75 Å². The fourth-order valence-electron chi connectivity index (χ4n) is 1.83. The third kappa shape index (κ3) is 2.66. The Bertz CT molecular complexity index is 360. The van der Waals surface area contributed by atoms with Crippen molar-refractivity contribution in [2.75, 3.05) is 6.54 Å². The van der Waals surface area contributed by atoms with E-state index < -0.39 is 6.36 Å². The molecule has 1 aliphatic rings. The molecule has 2 rings (SSSR count). The molecular formula is C11H12F3NO. The van der Waals surface area contributed by atoms with Crippen LogP contribution >= 0.6 is 0 Å². The van der Waals surface area contributed by atoms with Crippen molar-refractivity contribution in [2.24, 2.45) is 11.7 Å². The van der Waals surface area contributed by atoms with Gasteiger partial charge in [-0.25, -0.2) is 0 Å². The highest BCUT2D eigenvalue weighted by Gasteiger charge is 2.37. The van der Waals surface area contributed by atoms with Gasteiger partial charge in [0.05, 0.1) is 0 Å². The highest BCUT2D eigenvalue weighted by atomic mass is 19.4. The Morgan fingerprint density at radius 1 is 1.25 bits per heavy atom. The number of hydrogen-bond acceptors (Lipinski definition) is 2. The molecule has 1 fully saturated rings. The normalized spacial score (nSPS) is 24.2. The number of alkyl halides is 3. The smallest absolute Gasteiger partial charge is 0.406 e. The first kappa shape index (κ1) is 11.3. The summed E-state index contributed by atoms with van der Waals surface area (Å²) in [5.41, 5.74) is 6.53. The molecule has 16 heavy (non-hydrogen) atoms. The Hall–Kier alpha value is -1.23. The van der Waals surface area contributed by atoms with E-state index in [-0.39, 0.29) is 5.75 Å². The summed E-state index contributed by atoms with van der Waals surface area (Å²) in [6.07, 6.45) is -3.60. The zero-order valence-electron chi connectivity index (χ0n) is 8.50. The molecule has 1 aromatic carbocycles. The molecule has 88 valence electrons. The van der Waals surface area contributed by atoms with Crippen LogP contribution in [0.3, 0.4) is 0 Å². The van der Waals surface area contributed by atoms with Crippen molar-refractivity contribution >= 4 is 0 Å². The van der Waals surface area contributed by atoms with E-state index in [1.54, 1.807) is 12.1 Å². The molecule has 2 N–H and O–H groups in total. The van der Waals surface area contributed by atoms with Crippen molar-refractivity contribution in [3.05, 3.63) is 29.8 Å². The van der Waals surface area contributed by atoms with Gasteiger partial charge in [-0.1, -0.05) is 12.1 Å². The predicted octanol–water partition coefficient (Wildman–Crippen LogP) is 2.65. The van der Waals surface area contributed by atoms with Gasteiger partial charge in [-0.15, -0.1) is 13.2 Å². The minimum absolute atomic E-state index is 0.179. The standard InChI is InChI=1S/C11H12F3NO/c12-11(13,14)16-9-3-1-7(2-4-9)10-5-8(10)6-15/h1-4,8,10H,5-6,15H2/t8-,10-/m1/s1. The molecule has 0 bridgehead atoms. The number of benzene rings is 1. The molecular weight excluding hydrogens is 219 g/mol. The number of hydrogen-bond donors (Lipinski definition) is 1. The van der Waals surface area contributed by atoms with Crippen LogP contribution in [0.25, 0.3) is 0 Å². The summed E-state index contributed by atoms with van der Waals surface area (Å²) in [4.78, 5) is 0. The zero-order chi connectivity index (χ0) is 11.8. The third-order valence-electron chi connectivity index (χ3n) is 2.77. The summed E-state index contributed by atoms with van der Waals surface area (Å²) in [6, 6.07) is 6.02. The fraction of sp³-hybridized carbons (Fsp3) is 0.455. The van der Waals surface area contributed by atoms with Gasteiger partial charge in [0.15, 0.2) is 0 Å². The molecule has 2 nitrogen and oxygen atoms in total. The van der Waals surface area contributed by atoms with Gasteiger partial charge >= 0.3 is 6.36 Å². The number of ether oxygens (including phenoxy) is 1. The molecule has 0 saturated heterocycles. The van der Waals surface area contributed by atoms with Crippen LogP contribution < -0.4 is 10.5 Å². The minimum Gasteiger partial charge on any atom is -0.406 e. The first-order valence-corrected chi connectivity index (χ1v) is 5.05. The SMILES string of the molecule is NC[C@H]1C[C@@H]1c1ccc(OC(F)(F)F)cc1. The van der Waals surface area contributed by atoms with E-state index in [2.05, 4.69) is 4.74 Å². The third-order valence-corrected chi connectivity index (χ3v) is 2.77. The highest BCUT2D eigenvalue weighted by Crippen LogP contribution is 2.46. The molecule has 0 spiro atoms. The van der Waals surface area contributed by atoms with Crippen molar-refractivity contribution in [1.29, 1.82) is 0 Å². The van der Waals surface area contributed by atoms with Gasteiger partial charge in [-0.05, 0) is 42.5 Å². The molecule has 1 aliphatic carbocycles. The van der Waals surface area contributed by atoms with E-state index in [0.29, 0.717) is 18.4 Å². The summed E-state index contributed by atoms with van der Waals surface area (Å²) in [6.45, 7) is 0.630. The molecule has 0 unspecified atom stereocenters. The molecule has 2 atom stereocenters. The van der Waals surface area contributed by atoms with Crippen molar-refractivity contribution in [3.63, 3.8) is 0 Å².